The summed E-state index contributed by atoms with van der Waals surface area (Å²) in [7, 11) is 3.84. The summed E-state index contributed by atoms with van der Waals surface area (Å²) in [5.74, 6) is 0.904. The molecule has 0 fully saturated rings. The Kier molecular flexibility index (Phi) is 2.36. The number of fused-ring (bicyclic) bond motifs is 5. The number of aryl methyl sites for hydroxylation is 3. The Morgan fingerprint density at radius 2 is 2.10 bits per heavy atom. The van der Waals surface area contributed by atoms with Crippen molar-refractivity contribution in [3.63, 3.8) is 0 Å². The van der Waals surface area contributed by atoms with E-state index in [9.17, 15) is 0 Å². The second kappa shape index (κ2) is 4.10. The quantitative estimate of drug-likeness (QED) is 0.674. The van der Waals surface area contributed by atoms with E-state index in [-0.39, 0.29) is 0 Å². The molecule has 0 saturated carbocycles. The van der Waals surface area contributed by atoms with E-state index in [0.29, 0.717) is 0 Å². The topological polar surface area (TPSA) is 27.1 Å². The standard InChI is InChI=1S/C17H16N2O/c1-19-16-10-11(20-2)5-6-12(16)13-7-8-15-14(17(13)19)4-3-9-18-15/h3-6,9-10H,7-8H2,1-2H3. The van der Waals surface area contributed by atoms with E-state index in [1.807, 2.05) is 18.3 Å². The van der Waals surface area contributed by atoms with Gasteiger partial charge in [-0.1, -0.05) is 0 Å². The minimum atomic E-state index is 0.904. The van der Waals surface area contributed by atoms with Gasteiger partial charge in [0.1, 0.15) is 5.75 Å². The molecule has 0 unspecified atom stereocenters. The van der Waals surface area contributed by atoms with Gasteiger partial charge in [0.05, 0.1) is 18.3 Å². The van der Waals surface area contributed by atoms with Crippen molar-refractivity contribution in [2.24, 2.45) is 7.05 Å². The van der Waals surface area contributed by atoms with Crippen molar-refractivity contribution in [3.8, 4) is 17.0 Å². The van der Waals surface area contributed by atoms with Crippen LogP contribution in [0.4, 0.5) is 0 Å². The Hall–Kier alpha value is -2.29. The second-order valence-electron chi connectivity index (χ2n) is 5.27. The Balaban J connectivity index is 2.08. The van der Waals surface area contributed by atoms with Gasteiger partial charge in [0.15, 0.2) is 0 Å². The normalized spacial score (nSPS) is 13.1. The Morgan fingerprint density at radius 3 is 2.95 bits per heavy atom. The molecule has 0 bridgehead atoms. The summed E-state index contributed by atoms with van der Waals surface area (Å²) in [4.78, 5) is 4.53. The molecule has 0 N–H and O–H groups in total. The lowest BCUT2D eigenvalue weighted by Gasteiger charge is -2.17. The Morgan fingerprint density at radius 1 is 1.20 bits per heavy atom. The molecule has 0 radical (unpaired) electrons. The monoisotopic (exact) mass is 264 g/mol. The molecule has 1 aliphatic carbocycles. The second-order valence-corrected chi connectivity index (χ2v) is 5.27. The predicted octanol–water partition coefficient (Wildman–Crippen LogP) is 3.35. The summed E-state index contributed by atoms with van der Waals surface area (Å²) in [6.07, 6.45) is 3.97. The van der Waals surface area contributed by atoms with Gasteiger partial charge >= 0.3 is 0 Å². The molecule has 3 heteroatoms. The van der Waals surface area contributed by atoms with E-state index >= 15 is 0 Å². The maximum absolute atomic E-state index is 5.35. The number of nitrogens with zero attached hydrogens (tertiary/aromatic N) is 2. The van der Waals surface area contributed by atoms with Crippen molar-refractivity contribution in [2.45, 2.75) is 12.8 Å². The Bertz CT molecular complexity index is 817. The van der Waals surface area contributed by atoms with Crippen LogP contribution in [-0.4, -0.2) is 16.7 Å². The summed E-state index contributed by atoms with van der Waals surface area (Å²) in [5.41, 5.74) is 6.45. The molecule has 0 atom stereocenters. The smallest absolute Gasteiger partial charge is 0.120 e. The van der Waals surface area contributed by atoms with Crippen molar-refractivity contribution in [1.29, 1.82) is 0 Å². The van der Waals surface area contributed by atoms with E-state index in [1.165, 1.54) is 33.4 Å². The highest BCUT2D eigenvalue weighted by Crippen LogP contribution is 2.39. The van der Waals surface area contributed by atoms with Crippen LogP contribution >= 0.6 is 0 Å². The first kappa shape index (κ1) is 11.5. The minimum absolute atomic E-state index is 0.904. The fourth-order valence-electron chi connectivity index (χ4n) is 3.31. The summed E-state index contributed by atoms with van der Waals surface area (Å²) in [6.45, 7) is 0. The van der Waals surface area contributed by atoms with Crippen LogP contribution in [0.3, 0.4) is 0 Å². The van der Waals surface area contributed by atoms with E-state index < -0.39 is 0 Å². The van der Waals surface area contributed by atoms with Gasteiger partial charge in [-0.25, -0.2) is 0 Å². The number of aromatic nitrogens is 2. The van der Waals surface area contributed by atoms with Gasteiger partial charge in [0.25, 0.3) is 0 Å². The maximum atomic E-state index is 5.35. The van der Waals surface area contributed by atoms with Gasteiger partial charge in [0, 0.05) is 36.0 Å². The van der Waals surface area contributed by atoms with Crippen LogP contribution in [0.25, 0.3) is 22.2 Å². The van der Waals surface area contributed by atoms with E-state index in [1.54, 1.807) is 7.11 Å². The lowest BCUT2D eigenvalue weighted by Crippen LogP contribution is -2.06. The predicted molar refractivity (Wildman–Crippen MR) is 80.1 cm³/mol. The summed E-state index contributed by atoms with van der Waals surface area (Å²) in [6, 6.07) is 10.5. The van der Waals surface area contributed by atoms with Crippen LogP contribution in [-0.2, 0) is 19.9 Å². The lowest BCUT2D eigenvalue weighted by molar-refractivity contribution is 0.415. The third-order valence-corrected chi connectivity index (χ3v) is 4.27. The van der Waals surface area contributed by atoms with E-state index in [4.69, 9.17) is 4.74 Å². The number of pyridine rings is 1. The molecular formula is C17H16N2O. The first-order chi connectivity index (χ1) is 9.79. The number of methoxy groups -OCH3 is 1. The third kappa shape index (κ3) is 1.43. The molecule has 1 aromatic carbocycles. The summed E-state index contributed by atoms with van der Waals surface area (Å²) >= 11 is 0. The summed E-state index contributed by atoms with van der Waals surface area (Å²) < 4.78 is 7.62. The van der Waals surface area contributed by atoms with Gasteiger partial charge in [-0.2, -0.15) is 0 Å². The molecule has 1 aliphatic rings. The number of hydrogen-bond acceptors (Lipinski definition) is 2. The van der Waals surface area contributed by atoms with Crippen LogP contribution < -0.4 is 4.74 Å². The highest BCUT2D eigenvalue weighted by molar-refractivity contribution is 5.93. The van der Waals surface area contributed by atoms with E-state index in [2.05, 4.69) is 34.8 Å². The maximum Gasteiger partial charge on any atom is 0.120 e. The van der Waals surface area contributed by atoms with Crippen LogP contribution in [0.5, 0.6) is 5.75 Å². The van der Waals surface area contributed by atoms with Crippen LogP contribution in [0.15, 0.2) is 36.5 Å². The molecule has 3 aromatic rings. The van der Waals surface area contributed by atoms with E-state index in [0.717, 1.165) is 18.6 Å². The molecule has 0 spiro atoms. The van der Waals surface area contributed by atoms with Crippen molar-refractivity contribution < 1.29 is 4.74 Å². The van der Waals surface area contributed by atoms with Gasteiger partial charge in [-0.15, -0.1) is 0 Å². The highest BCUT2D eigenvalue weighted by atomic mass is 16.5. The van der Waals surface area contributed by atoms with Crippen molar-refractivity contribution >= 4 is 10.9 Å². The fraction of sp³-hybridized carbons (Fsp3) is 0.235. The molecule has 2 heterocycles. The first-order valence-electron chi connectivity index (χ1n) is 6.89. The zero-order chi connectivity index (χ0) is 13.7. The molecule has 20 heavy (non-hydrogen) atoms. The average Bonchev–Trinajstić information content (AvgIpc) is 2.80. The number of rotatable bonds is 1. The van der Waals surface area contributed by atoms with Crippen molar-refractivity contribution in [1.82, 2.24) is 9.55 Å². The number of benzene rings is 1. The molecule has 0 aliphatic heterocycles. The molecule has 0 amide bonds. The van der Waals surface area contributed by atoms with Crippen LogP contribution in [0, 0.1) is 0 Å². The van der Waals surface area contributed by atoms with Gasteiger partial charge in [-0.3, -0.25) is 4.98 Å². The average molecular weight is 264 g/mol. The molecule has 0 saturated heterocycles. The SMILES string of the molecule is COc1ccc2c3c(n(C)c2c1)-c1cccnc1CC3. The van der Waals surface area contributed by atoms with Crippen LogP contribution in [0.2, 0.25) is 0 Å². The minimum Gasteiger partial charge on any atom is -0.497 e. The largest absolute Gasteiger partial charge is 0.497 e. The summed E-state index contributed by atoms with van der Waals surface area (Å²) in [5, 5.41) is 1.33. The lowest BCUT2D eigenvalue weighted by atomic mass is 9.92. The number of ether oxygens (including phenoxy) is 1. The molecule has 3 nitrogen and oxygen atoms in total. The van der Waals surface area contributed by atoms with Gasteiger partial charge in [-0.05, 0) is 42.7 Å². The third-order valence-electron chi connectivity index (χ3n) is 4.27. The molecule has 100 valence electrons. The Labute approximate surface area is 117 Å². The van der Waals surface area contributed by atoms with Gasteiger partial charge < -0.3 is 9.30 Å². The highest BCUT2D eigenvalue weighted by Gasteiger charge is 2.23. The zero-order valence-electron chi connectivity index (χ0n) is 11.7. The molecule has 4 rings (SSSR count). The first-order valence-corrected chi connectivity index (χ1v) is 6.89. The number of hydrogen-bond donors (Lipinski definition) is 0. The van der Waals surface area contributed by atoms with Crippen LogP contribution in [0.1, 0.15) is 11.3 Å². The van der Waals surface area contributed by atoms with Gasteiger partial charge in [0.2, 0.25) is 0 Å². The van der Waals surface area contributed by atoms with Crippen molar-refractivity contribution in [2.75, 3.05) is 7.11 Å². The molecule has 2 aromatic heterocycles. The van der Waals surface area contributed by atoms with Crippen molar-refractivity contribution in [3.05, 3.63) is 47.8 Å². The zero-order valence-corrected chi connectivity index (χ0v) is 11.7. The fourth-order valence-corrected chi connectivity index (χ4v) is 3.31. The molecular weight excluding hydrogens is 248 g/mol.